The van der Waals surface area contributed by atoms with E-state index in [4.69, 9.17) is 0 Å². The van der Waals surface area contributed by atoms with Gasteiger partial charge in [0.2, 0.25) is 0 Å². The number of sulfone groups is 1. The fraction of sp³-hybridized carbons (Fsp3) is 0.429. The maximum Gasteiger partial charge on any atom is 0.416 e. The Labute approximate surface area is 136 Å². The number of benzene rings is 1. The van der Waals surface area contributed by atoms with E-state index in [1.165, 1.54) is 6.92 Å². The molecule has 1 atom stereocenters. The van der Waals surface area contributed by atoms with Crippen LogP contribution in [0.3, 0.4) is 0 Å². The number of amides is 3. The van der Waals surface area contributed by atoms with Crippen molar-refractivity contribution in [1.29, 1.82) is 0 Å². The Morgan fingerprint density at radius 1 is 1.17 bits per heavy atom. The normalized spacial score (nSPS) is 22.0. The first-order valence-electron chi connectivity index (χ1n) is 6.84. The van der Waals surface area contributed by atoms with E-state index < -0.39 is 44.8 Å². The molecule has 1 saturated heterocycles. The molecule has 1 fully saturated rings. The van der Waals surface area contributed by atoms with Crippen molar-refractivity contribution in [3.05, 3.63) is 35.4 Å². The number of carbonyl (C=O) groups is 2. The van der Waals surface area contributed by atoms with Gasteiger partial charge in [0, 0.05) is 12.8 Å². The van der Waals surface area contributed by atoms with E-state index in [0.29, 0.717) is 0 Å². The molecule has 1 aromatic rings. The van der Waals surface area contributed by atoms with Crippen LogP contribution in [-0.4, -0.2) is 43.8 Å². The fourth-order valence-electron chi connectivity index (χ4n) is 2.35. The third kappa shape index (κ3) is 3.53. The summed E-state index contributed by atoms with van der Waals surface area (Å²) in [5.41, 5.74) is -2.24. The van der Waals surface area contributed by atoms with Crippen LogP contribution in [0.25, 0.3) is 0 Å². The summed E-state index contributed by atoms with van der Waals surface area (Å²) in [6.07, 6.45) is -3.54. The molecular formula is C14H15F3N2O4S. The average molecular weight is 364 g/mol. The zero-order valence-electron chi connectivity index (χ0n) is 12.8. The van der Waals surface area contributed by atoms with Crippen LogP contribution in [-0.2, 0) is 26.3 Å². The highest BCUT2D eigenvalue weighted by Crippen LogP contribution is 2.33. The van der Waals surface area contributed by atoms with Crippen molar-refractivity contribution in [2.75, 3.05) is 18.6 Å². The van der Waals surface area contributed by atoms with Gasteiger partial charge in [0.25, 0.3) is 5.91 Å². The van der Waals surface area contributed by atoms with Crippen LogP contribution in [0, 0.1) is 0 Å². The third-order valence-electron chi connectivity index (χ3n) is 3.75. The highest BCUT2D eigenvalue weighted by atomic mass is 32.2. The number of urea groups is 1. The Morgan fingerprint density at radius 2 is 1.71 bits per heavy atom. The van der Waals surface area contributed by atoms with E-state index in [2.05, 4.69) is 5.32 Å². The number of nitrogens with one attached hydrogen (secondary N) is 1. The summed E-state index contributed by atoms with van der Waals surface area (Å²) in [6, 6.07) is 3.08. The predicted octanol–water partition coefficient (Wildman–Crippen LogP) is 1.52. The van der Waals surface area contributed by atoms with Crippen molar-refractivity contribution in [3.63, 3.8) is 0 Å². The summed E-state index contributed by atoms with van der Waals surface area (Å²) in [5, 5.41) is 2.40. The number of hydrogen-bond donors (Lipinski definition) is 1. The second kappa shape index (κ2) is 5.76. The monoisotopic (exact) mass is 364 g/mol. The van der Waals surface area contributed by atoms with Crippen molar-refractivity contribution in [1.82, 2.24) is 10.2 Å². The van der Waals surface area contributed by atoms with E-state index in [-0.39, 0.29) is 12.1 Å². The van der Waals surface area contributed by atoms with Crippen LogP contribution in [0.2, 0.25) is 0 Å². The predicted molar refractivity (Wildman–Crippen MR) is 78.8 cm³/mol. The molecule has 24 heavy (non-hydrogen) atoms. The van der Waals surface area contributed by atoms with E-state index >= 15 is 0 Å². The molecule has 1 N–H and O–H groups in total. The minimum atomic E-state index is -4.51. The second-order valence-corrected chi connectivity index (χ2v) is 7.98. The quantitative estimate of drug-likeness (QED) is 0.821. The standard InChI is InChI=1S/C14H15F3N2O4S/c1-13(9-3-5-10(6-4-9)14(15,16)17)11(20)19(12(21)18-13)7-8-24(2,22)23/h3-6H,7-8H2,1-2H3,(H,18,21)/t13-/m0/s1. The summed E-state index contributed by atoms with van der Waals surface area (Å²) in [6.45, 7) is 1.04. The Morgan fingerprint density at radius 3 is 2.17 bits per heavy atom. The van der Waals surface area contributed by atoms with Crippen LogP contribution in [0.4, 0.5) is 18.0 Å². The van der Waals surface area contributed by atoms with Crippen LogP contribution in [0.5, 0.6) is 0 Å². The molecule has 6 nitrogen and oxygen atoms in total. The molecule has 0 aliphatic carbocycles. The van der Waals surface area contributed by atoms with Crippen molar-refractivity contribution >= 4 is 21.8 Å². The minimum absolute atomic E-state index is 0.177. The van der Waals surface area contributed by atoms with E-state index in [1.807, 2.05) is 0 Å². The van der Waals surface area contributed by atoms with Gasteiger partial charge >= 0.3 is 12.2 Å². The van der Waals surface area contributed by atoms with Gasteiger partial charge in [-0.2, -0.15) is 13.2 Å². The fourth-order valence-corrected chi connectivity index (χ4v) is 2.86. The smallest absolute Gasteiger partial charge is 0.319 e. The summed E-state index contributed by atoms with van der Waals surface area (Å²) in [7, 11) is -3.38. The SMILES string of the molecule is C[C@@]1(c2ccc(C(F)(F)F)cc2)NC(=O)N(CCS(C)(=O)=O)C1=O. The number of alkyl halides is 3. The van der Waals surface area contributed by atoms with Crippen LogP contribution < -0.4 is 5.32 Å². The summed E-state index contributed by atoms with van der Waals surface area (Å²) in [5.74, 6) is -1.11. The molecule has 0 radical (unpaired) electrons. The second-order valence-electron chi connectivity index (χ2n) is 5.72. The Kier molecular flexibility index (Phi) is 4.38. The van der Waals surface area contributed by atoms with E-state index in [9.17, 15) is 31.2 Å². The first-order chi connectivity index (χ1) is 10.8. The highest BCUT2D eigenvalue weighted by Gasteiger charge is 2.49. The van der Waals surface area contributed by atoms with Gasteiger partial charge < -0.3 is 5.32 Å². The zero-order chi connectivity index (χ0) is 18.3. The number of carbonyl (C=O) groups excluding carboxylic acids is 2. The van der Waals surface area contributed by atoms with Crippen LogP contribution >= 0.6 is 0 Å². The molecule has 0 aromatic heterocycles. The highest BCUT2D eigenvalue weighted by molar-refractivity contribution is 7.90. The lowest BCUT2D eigenvalue weighted by Crippen LogP contribution is -2.41. The lowest BCUT2D eigenvalue weighted by atomic mass is 9.91. The van der Waals surface area contributed by atoms with Crippen molar-refractivity contribution in [2.24, 2.45) is 0 Å². The molecule has 0 spiro atoms. The van der Waals surface area contributed by atoms with Crippen molar-refractivity contribution in [2.45, 2.75) is 18.6 Å². The molecule has 1 heterocycles. The lowest BCUT2D eigenvalue weighted by molar-refractivity contribution is -0.137. The molecule has 0 bridgehead atoms. The number of imide groups is 1. The van der Waals surface area contributed by atoms with Gasteiger partial charge in [0.05, 0.1) is 11.3 Å². The molecule has 0 saturated carbocycles. The van der Waals surface area contributed by atoms with Crippen LogP contribution in [0.15, 0.2) is 24.3 Å². The summed E-state index contributed by atoms with van der Waals surface area (Å²) >= 11 is 0. The third-order valence-corrected chi connectivity index (χ3v) is 4.67. The molecule has 0 unspecified atom stereocenters. The van der Waals surface area contributed by atoms with Crippen molar-refractivity contribution < 1.29 is 31.2 Å². The van der Waals surface area contributed by atoms with E-state index in [1.54, 1.807) is 0 Å². The zero-order valence-corrected chi connectivity index (χ0v) is 13.7. The summed E-state index contributed by atoms with van der Waals surface area (Å²) in [4.78, 5) is 25.1. The van der Waals surface area contributed by atoms with Gasteiger partial charge in [0.15, 0.2) is 0 Å². The molecule has 10 heteroatoms. The van der Waals surface area contributed by atoms with Gasteiger partial charge in [0.1, 0.15) is 15.4 Å². The molecular weight excluding hydrogens is 349 g/mol. The minimum Gasteiger partial charge on any atom is -0.319 e. The Bertz CT molecular complexity index is 774. The molecule has 1 aromatic carbocycles. The lowest BCUT2D eigenvalue weighted by Gasteiger charge is -2.22. The number of halogens is 3. The first kappa shape index (κ1) is 18.2. The summed E-state index contributed by atoms with van der Waals surface area (Å²) < 4.78 is 60.2. The molecule has 1 aliphatic heterocycles. The van der Waals surface area contributed by atoms with Gasteiger partial charge in [-0.05, 0) is 24.6 Å². The number of rotatable bonds is 4. The number of hydrogen-bond acceptors (Lipinski definition) is 4. The van der Waals surface area contributed by atoms with E-state index in [0.717, 1.165) is 35.4 Å². The first-order valence-corrected chi connectivity index (χ1v) is 8.90. The van der Waals surface area contributed by atoms with Gasteiger partial charge in [-0.15, -0.1) is 0 Å². The number of nitrogens with zero attached hydrogens (tertiary/aromatic N) is 1. The van der Waals surface area contributed by atoms with Crippen molar-refractivity contribution in [3.8, 4) is 0 Å². The van der Waals surface area contributed by atoms with Gasteiger partial charge in [-0.1, -0.05) is 12.1 Å². The Hall–Kier alpha value is -2.10. The molecule has 1 aliphatic rings. The average Bonchev–Trinajstić information content (AvgIpc) is 2.66. The maximum absolute atomic E-state index is 12.6. The van der Waals surface area contributed by atoms with Gasteiger partial charge in [-0.25, -0.2) is 13.2 Å². The molecule has 3 amide bonds. The topological polar surface area (TPSA) is 83.6 Å². The molecule has 132 valence electrons. The van der Waals surface area contributed by atoms with Gasteiger partial charge in [-0.3, -0.25) is 9.69 Å². The maximum atomic E-state index is 12.6. The largest absolute Gasteiger partial charge is 0.416 e. The molecule has 2 rings (SSSR count). The Balaban J connectivity index is 2.27. The van der Waals surface area contributed by atoms with Crippen LogP contribution in [0.1, 0.15) is 18.1 Å².